The second-order valence-electron chi connectivity index (χ2n) is 13.5. The van der Waals surface area contributed by atoms with Gasteiger partial charge in [-0.1, -0.05) is 140 Å². The Bertz CT molecular complexity index is 1880. The van der Waals surface area contributed by atoms with E-state index in [1.807, 2.05) is 13.8 Å². The van der Waals surface area contributed by atoms with Gasteiger partial charge in [0.25, 0.3) is 0 Å². The number of hydrogen-bond donors (Lipinski definition) is 0. The Labute approximate surface area is 258 Å². The molecule has 1 nitrogen and oxygen atoms in total. The molecule has 0 atom stereocenters. The Morgan fingerprint density at radius 1 is 0.442 bits per heavy atom. The van der Waals surface area contributed by atoms with E-state index in [1.54, 1.807) is 0 Å². The molecule has 0 N–H and O–H groups in total. The lowest BCUT2D eigenvalue weighted by Crippen LogP contribution is -2.16. The summed E-state index contributed by atoms with van der Waals surface area (Å²) < 4.78 is 0. The van der Waals surface area contributed by atoms with Crippen LogP contribution in [0.5, 0.6) is 0 Å². The highest BCUT2D eigenvalue weighted by Crippen LogP contribution is 2.38. The van der Waals surface area contributed by atoms with Crippen molar-refractivity contribution in [1.82, 2.24) is 4.98 Å². The number of aromatic nitrogens is 1. The number of benzene rings is 5. The van der Waals surface area contributed by atoms with Crippen molar-refractivity contribution >= 4 is 21.5 Å². The van der Waals surface area contributed by atoms with Crippen molar-refractivity contribution in [2.24, 2.45) is 0 Å². The highest BCUT2D eigenvalue weighted by atomic mass is 14.7. The smallest absolute Gasteiger partial charge is 0.0718 e. The third-order valence-electron chi connectivity index (χ3n) is 8.24. The third kappa shape index (κ3) is 6.42. The van der Waals surface area contributed by atoms with E-state index in [4.69, 9.17) is 4.98 Å². The maximum Gasteiger partial charge on any atom is 0.0718 e. The minimum Gasteiger partial charge on any atom is -0.248 e. The van der Waals surface area contributed by atoms with Crippen molar-refractivity contribution in [2.75, 3.05) is 0 Å². The van der Waals surface area contributed by atoms with Crippen LogP contribution in [0.3, 0.4) is 0 Å². The first-order chi connectivity index (χ1) is 20.5. The minimum absolute atomic E-state index is 0.0436. The van der Waals surface area contributed by atoms with Crippen molar-refractivity contribution in [3.63, 3.8) is 0 Å². The highest BCUT2D eigenvalue weighted by molar-refractivity contribution is 5.91. The molecule has 1 heteroatoms. The lowest BCUT2D eigenvalue weighted by atomic mass is 9.79. The van der Waals surface area contributed by atoms with E-state index < -0.39 is 0 Å². The van der Waals surface area contributed by atoms with Crippen LogP contribution in [0, 0.1) is 6.92 Å². The molecule has 0 aliphatic rings. The first-order valence-corrected chi connectivity index (χ1v) is 15.6. The third-order valence-corrected chi connectivity index (χ3v) is 8.24. The van der Waals surface area contributed by atoms with Crippen LogP contribution in [0.15, 0.2) is 109 Å². The van der Waals surface area contributed by atoms with Crippen LogP contribution in [0.4, 0.5) is 0 Å². The highest BCUT2D eigenvalue weighted by Gasteiger charge is 2.22. The molecule has 6 rings (SSSR count). The molecule has 0 amide bonds. The largest absolute Gasteiger partial charge is 0.248 e. The molecule has 1 aromatic heterocycles. The predicted molar refractivity (Wildman–Crippen MR) is 189 cm³/mol. The lowest BCUT2D eigenvalue weighted by Gasteiger charge is -2.26. The molecule has 1 heterocycles. The molecule has 0 fully saturated rings. The molecule has 0 bridgehead atoms. The SMILES string of the molecule is CC.Cc1cc2ccccc2cc1-c1cc(-c2cc(C(C)(C)C)cc(C(C)(C)C)c2)cc(-c2ccc3ccccc3c2)n1. The summed E-state index contributed by atoms with van der Waals surface area (Å²) >= 11 is 0. The second kappa shape index (κ2) is 11.8. The van der Waals surface area contributed by atoms with Crippen molar-refractivity contribution in [2.45, 2.75) is 73.1 Å². The summed E-state index contributed by atoms with van der Waals surface area (Å²) in [6, 6.07) is 40.1. The molecule has 0 aliphatic heterocycles. The molecular formula is C42H45N. The number of fused-ring (bicyclic) bond motifs is 2. The number of rotatable bonds is 3. The average Bonchev–Trinajstić information content (AvgIpc) is 3.00. The number of pyridine rings is 1. The summed E-state index contributed by atoms with van der Waals surface area (Å²) in [5, 5.41) is 4.96. The fraction of sp³-hybridized carbons (Fsp3) is 0.262. The molecule has 0 saturated heterocycles. The maximum absolute atomic E-state index is 5.32. The number of hydrogen-bond acceptors (Lipinski definition) is 1. The summed E-state index contributed by atoms with van der Waals surface area (Å²) in [4.78, 5) is 5.32. The van der Waals surface area contributed by atoms with Crippen molar-refractivity contribution < 1.29 is 0 Å². The summed E-state index contributed by atoms with van der Waals surface area (Å²) in [7, 11) is 0. The summed E-state index contributed by atoms with van der Waals surface area (Å²) in [6.45, 7) is 20.0. The van der Waals surface area contributed by atoms with Gasteiger partial charge in [0.15, 0.2) is 0 Å². The Hall–Kier alpha value is -4.23. The Morgan fingerprint density at radius 3 is 1.51 bits per heavy atom. The van der Waals surface area contributed by atoms with Crippen LogP contribution >= 0.6 is 0 Å². The van der Waals surface area contributed by atoms with Gasteiger partial charge in [0.2, 0.25) is 0 Å². The van der Waals surface area contributed by atoms with Gasteiger partial charge in [0.1, 0.15) is 0 Å². The second-order valence-corrected chi connectivity index (χ2v) is 13.5. The van der Waals surface area contributed by atoms with Gasteiger partial charge in [-0.2, -0.15) is 0 Å². The fourth-order valence-electron chi connectivity index (χ4n) is 5.62. The topological polar surface area (TPSA) is 12.9 Å². The zero-order valence-corrected chi connectivity index (χ0v) is 27.3. The van der Waals surface area contributed by atoms with E-state index in [-0.39, 0.29) is 10.8 Å². The molecule has 0 radical (unpaired) electrons. The van der Waals surface area contributed by atoms with Gasteiger partial charge in [0.05, 0.1) is 11.4 Å². The van der Waals surface area contributed by atoms with E-state index in [0.29, 0.717) is 0 Å². The first kappa shape index (κ1) is 30.2. The van der Waals surface area contributed by atoms with E-state index in [1.165, 1.54) is 54.9 Å². The van der Waals surface area contributed by atoms with Gasteiger partial charge >= 0.3 is 0 Å². The monoisotopic (exact) mass is 563 g/mol. The summed E-state index contributed by atoms with van der Waals surface area (Å²) in [5.41, 5.74) is 10.8. The maximum atomic E-state index is 5.32. The average molecular weight is 564 g/mol. The molecule has 0 unspecified atom stereocenters. The van der Waals surface area contributed by atoms with Gasteiger partial charge in [-0.05, 0) is 91.4 Å². The number of nitrogens with zero attached hydrogens (tertiary/aromatic N) is 1. The standard InChI is InChI=1S/C40H39N.C2H6/c1-26-18-28-13-10-11-15-30(28)22-36(26)38-24-33(32-20-34(39(2,3)4)25-35(21-32)40(5,6)7)23-37(41-38)31-17-16-27-12-8-9-14-29(27)19-31;1-2/h8-25H,1-7H3;1-2H3. The van der Waals surface area contributed by atoms with Gasteiger partial charge < -0.3 is 0 Å². The Morgan fingerprint density at radius 2 is 0.930 bits per heavy atom. The van der Waals surface area contributed by atoms with E-state index in [2.05, 4.69) is 158 Å². The Kier molecular flexibility index (Phi) is 8.30. The van der Waals surface area contributed by atoms with Crippen molar-refractivity contribution in [1.29, 1.82) is 0 Å². The molecule has 218 valence electrons. The zero-order chi connectivity index (χ0) is 30.9. The summed E-state index contributed by atoms with van der Waals surface area (Å²) in [5.74, 6) is 0. The summed E-state index contributed by atoms with van der Waals surface area (Å²) in [6.07, 6.45) is 0. The van der Waals surface area contributed by atoms with Crippen LogP contribution in [-0.2, 0) is 10.8 Å². The quantitative estimate of drug-likeness (QED) is 0.209. The normalized spacial score (nSPS) is 11.8. The Balaban J connectivity index is 0.00000180. The van der Waals surface area contributed by atoms with Crippen LogP contribution in [-0.4, -0.2) is 4.98 Å². The molecule has 0 saturated carbocycles. The van der Waals surface area contributed by atoms with Crippen LogP contribution in [0.1, 0.15) is 72.1 Å². The van der Waals surface area contributed by atoms with Gasteiger partial charge in [-0.15, -0.1) is 0 Å². The van der Waals surface area contributed by atoms with Gasteiger partial charge in [-0.3, -0.25) is 0 Å². The molecule has 6 aromatic rings. The van der Waals surface area contributed by atoms with Gasteiger partial charge in [0, 0.05) is 11.1 Å². The van der Waals surface area contributed by atoms with Crippen LogP contribution < -0.4 is 0 Å². The predicted octanol–water partition coefficient (Wildman–Crippen LogP) is 12.3. The van der Waals surface area contributed by atoms with Crippen LogP contribution in [0.25, 0.3) is 55.2 Å². The molecule has 5 aromatic carbocycles. The van der Waals surface area contributed by atoms with Crippen LogP contribution in [0.2, 0.25) is 0 Å². The molecule has 0 spiro atoms. The van der Waals surface area contributed by atoms with Crippen molar-refractivity contribution in [3.8, 4) is 33.6 Å². The van der Waals surface area contributed by atoms with E-state index >= 15 is 0 Å². The zero-order valence-electron chi connectivity index (χ0n) is 27.3. The molecular weight excluding hydrogens is 518 g/mol. The number of aryl methyl sites for hydroxylation is 1. The minimum atomic E-state index is 0.0436. The van der Waals surface area contributed by atoms with Crippen molar-refractivity contribution in [3.05, 3.63) is 126 Å². The first-order valence-electron chi connectivity index (χ1n) is 15.6. The van der Waals surface area contributed by atoms with E-state index in [0.717, 1.165) is 17.0 Å². The molecule has 0 aliphatic carbocycles. The van der Waals surface area contributed by atoms with E-state index in [9.17, 15) is 0 Å². The fourth-order valence-corrected chi connectivity index (χ4v) is 5.62. The lowest BCUT2D eigenvalue weighted by molar-refractivity contribution is 0.569. The van der Waals surface area contributed by atoms with Gasteiger partial charge in [-0.25, -0.2) is 4.98 Å². The molecule has 43 heavy (non-hydrogen) atoms.